The molecule has 0 unspecified atom stereocenters. The minimum Gasteiger partial charge on any atom is -0.508 e. The number of rotatable bonds is 5. The molecule has 0 atom stereocenters. The van der Waals surface area contributed by atoms with Crippen LogP contribution in [0.3, 0.4) is 0 Å². The summed E-state index contributed by atoms with van der Waals surface area (Å²) in [5.74, 6) is 0.671. The monoisotopic (exact) mass is 370 g/mol. The Morgan fingerprint density at radius 1 is 1.07 bits per heavy atom. The highest BCUT2D eigenvalue weighted by atomic mass is 16.3. The van der Waals surface area contributed by atoms with E-state index in [-0.39, 0.29) is 11.7 Å². The smallest absolute Gasteiger partial charge is 0.271 e. The Morgan fingerprint density at radius 3 is 2.75 bits per heavy atom. The van der Waals surface area contributed by atoms with Gasteiger partial charge in [0.1, 0.15) is 11.6 Å². The topological polar surface area (TPSA) is 90.4 Å². The first-order valence-corrected chi connectivity index (χ1v) is 8.82. The second kappa shape index (κ2) is 7.75. The van der Waals surface area contributed by atoms with E-state index in [0.717, 1.165) is 16.9 Å². The van der Waals surface area contributed by atoms with Crippen LogP contribution in [0.15, 0.2) is 77.9 Å². The molecule has 1 amide bonds. The van der Waals surface area contributed by atoms with Gasteiger partial charge in [0.15, 0.2) is 0 Å². The molecule has 0 saturated heterocycles. The Balaban J connectivity index is 1.47. The Morgan fingerprint density at radius 2 is 1.93 bits per heavy atom. The van der Waals surface area contributed by atoms with Crippen LogP contribution in [0, 0.1) is 0 Å². The van der Waals surface area contributed by atoms with Crippen molar-refractivity contribution in [1.82, 2.24) is 15.4 Å². The predicted molar refractivity (Wildman–Crippen MR) is 109 cm³/mol. The molecule has 0 bridgehead atoms. The molecule has 4 aromatic rings. The minimum atomic E-state index is -0.322. The first kappa shape index (κ1) is 17.5. The summed E-state index contributed by atoms with van der Waals surface area (Å²) in [6.45, 7) is 0. The average Bonchev–Trinajstić information content (AvgIpc) is 3.10. The van der Waals surface area contributed by atoms with E-state index in [1.54, 1.807) is 36.4 Å². The van der Waals surface area contributed by atoms with E-state index < -0.39 is 0 Å². The van der Waals surface area contributed by atoms with Gasteiger partial charge in [-0.1, -0.05) is 42.5 Å². The van der Waals surface area contributed by atoms with Crippen LogP contribution in [-0.2, 0) is 6.42 Å². The molecule has 0 saturated carbocycles. The summed E-state index contributed by atoms with van der Waals surface area (Å²) in [4.78, 5) is 20.2. The number of aromatic amines is 1. The number of hydrogen-bond acceptors (Lipinski definition) is 4. The molecule has 0 radical (unpaired) electrons. The van der Waals surface area contributed by atoms with Gasteiger partial charge in [0.25, 0.3) is 5.91 Å². The summed E-state index contributed by atoms with van der Waals surface area (Å²) >= 11 is 0. The van der Waals surface area contributed by atoms with E-state index in [1.807, 2.05) is 24.3 Å². The first-order valence-electron chi connectivity index (χ1n) is 8.82. The van der Waals surface area contributed by atoms with Crippen molar-refractivity contribution in [2.75, 3.05) is 0 Å². The number of H-pyrrole nitrogens is 1. The van der Waals surface area contributed by atoms with Gasteiger partial charge in [0.2, 0.25) is 0 Å². The fourth-order valence-corrected chi connectivity index (χ4v) is 2.91. The first-order chi connectivity index (χ1) is 13.7. The van der Waals surface area contributed by atoms with Crippen molar-refractivity contribution in [3.05, 3.63) is 95.3 Å². The van der Waals surface area contributed by atoms with Gasteiger partial charge in [-0.3, -0.25) is 4.79 Å². The number of phenols is 1. The molecule has 28 heavy (non-hydrogen) atoms. The van der Waals surface area contributed by atoms with E-state index in [2.05, 4.69) is 32.6 Å². The molecule has 4 rings (SSSR count). The Labute approximate surface area is 161 Å². The van der Waals surface area contributed by atoms with Crippen LogP contribution in [0.5, 0.6) is 5.75 Å². The fourth-order valence-electron chi connectivity index (χ4n) is 2.91. The molecule has 0 aliphatic heterocycles. The molecule has 3 N–H and O–H groups in total. The lowest BCUT2D eigenvalue weighted by molar-refractivity contribution is 0.0955. The number of aromatic hydroxyl groups is 1. The van der Waals surface area contributed by atoms with E-state index in [0.29, 0.717) is 17.5 Å². The zero-order valence-electron chi connectivity index (χ0n) is 15.0. The highest BCUT2D eigenvalue weighted by Crippen LogP contribution is 2.16. The van der Waals surface area contributed by atoms with Gasteiger partial charge in [0, 0.05) is 12.0 Å². The SMILES string of the molecule is O=C(N/N=C\c1cccc(O)c1)c1ccc2nc(Cc3ccccc3)[nH]c2c1. The number of hydrogen-bond donors (Lipinski definition) is 3. The molecular formula is C22H18N4O2. The molecule has 1 heterocycles. The highest BCUT2D eigenvalue weighted by molar-refractivity contribution is 5.97. The zero-order valence-corrected chi connectivity index (χ0v) is 15.0. The zero-order chi connectivity index (χ0) is 19.3. The number of hydrazone groups is 1. The molecule has 1 aromatic heterocycles. The number of phenolic OH excluding ortho intramolecular Hbond substituents is 1. The summed E-state index contributed by atoms with van der Waals surface area (Å²) < 4.78 is 0. The van der Waals surface area contributed by atoms with E-state index >= 15 is 0 Å². The third-order valence-corrected chi connectivity index (χ3v) is 4.26. The number of nitrogens with one attached hydrogen (secondary N) is 2. The quantitative estimate of drug-likeness (QED) is 0.370. The number of aromatic nitrogens is 2. The molecular weight excluding hydrogens is 352 g/mol. The van der Waals surface area contributed by atoms with Crippen LogP contribution in [0.1, 0.15) is 27.3 Å². The van der Waals surface area contributed by atoms with Crippen molar-refractivity contribution in [3.63, 3.8) is 0 Å². The Bertz CT molecular complexity index is 1150. The lowest BCUT2D eigenvalue weighted by atomic mass is 10.1. The second-order valence-electron chi connectivity index (χ2n) is 6.37. The summed E-state index contributed by atoms with van der Waals surface area (Å²) in [5.41, 5.74) is 6.44. The van der Waals surface area contributed by atoms with Crippen molar-refractivity contribution in [2.45, 2.75) is 6.42 Å². The lowest BCUT2D eigenvalue weighted by Gasteiger charge is -2.00. The van der Waals surface area contributed by atoms with Crippen molar-refractivity contribution < 1.29 is 9.90 Å². The lowest BCUT2D eigenvalue weighted by Crippen LogP contribution is -2.17. The van der Waals surface area contributed by atoms with Crippen molar-refractivity contribution in [3.8, 4) is 5.75 Å². The summed E-state index contributed by atoms with van der Waals surface area (Å²) in [7, 11) is 0. The van der Waals surface area contributed by atoms with Crippen LogP contribution in [0.25, 0.3) is 11.0 Å². The third-order valence-electron chi connectivity index (χ3n) is 4.26. The summed E-state index contributed by atoms with van der Waals surface area (Å²) in [5, 5.41) is 13.4. The van der Waals surface area contributed by atoms with Crippen molar-refractivity contribution in [2.24, 2.45) is 5.10 Å². The maximum Gasteiger partial charge on any atom is 0.271 e. The minimum absolute atomic E-state index is 0.145. The summed E-state index contributed by atoms with van der Waals surface area (Å²) in [6.07, 6.45) is 2.18. The largest absolute Gasteiger partial charge is 0.508 e. The van der Waals surface area contributed by atoms with Crippen molar-refractivity contribution >= 4 is 23.2 Å². The molecule has 0 spiro atoms. The predicted octanol–water partition coefficient (Wildman–Crippen LogP) is 3.62. The van der Waals surface area contributed by atoms with Crippen LogP contribution < -0.4 is 5.43 Å². The average molecular weight is 370 g/mol. The van der Waals surface area contributed by atoms with Gasteiger partial charge < -0.3 is 10.1 Å². The van der Waals surface area contributed by atoms with Crippen LogP contribution >= 0.6 is 0 Å². The van der Waals surface area contributed by atoms with Crippen LogP contribution in [0.2, 0.25) is 0 Å². The van der Waals surface area contributed by atoms with E-state index in [9.17, 15) is 9.90 Å². The molecule has 6 heteroatoms. The maximum atomic E-state index is 12.3. The maximum absolute atomic E-state index is 12.3. The van der Waals surface area contributed by atoms with Gasteiger partial charge in [-0.15, -0.1) is 0 Å². The number of benzene rings is 3. The van der Waals surface area contributed by atoms with Crippen LogP contribution in [0.4, 0.5) is 0 Å². The Kier molecular flexibility index (Phi) is 4.84. The van der Waals surface area contributed by atoms with Gasteiger partial charge >= 0.3 is 0 Å². The number of carbonyl (C=O) groups excluding carboxylic acids is 1. The molecule has 6 nitrogen and oxygen atoms in total. The molecule has 138 valence electrons. The number of carbonyl (C=O) groups is 1. The number of imidazole rings is 1. The number of fused-ring (bicyclic) bond motifs is 1. The number of nitrogens with zero attached hydrogens (tertiary/aromatic N) is 2. The van der Waals surface area contributed by atoms with Gasteiger partial charge in [0.05, 0.1) is 17.2 Å². The van der Waals surface area contributed by atoms with Crippen molar-refractivity contribution in [1.29, 1.82) is 0 Å². The molecule has 3 aromatic carbocycles. The second-order valence-corrected chi connectivity index (χ2v) is 6.37. The fraction of sp³-hybridized carbons (Fsp3) is 0.0455. The van der Waals surface area contributed by atoms with E-state index in [4.69, 9.17) is 0 Å². The third kappa shape index (κ3) is 4.07. The van der Waals surface area contributed by atoms with Crippen LogP contribution in [-0.4, -0.2) is 27.2 Å². The normalized spacial score (nSPS) is 11.1. The van der Waals surface area contributed by atoms with Gasteiger partial charge in [-0.25, -0.2) is 10.4 Å². The number of amides is 1. The van der Waals surface area contributed by atoms with Gasteiger partial charge in [-0.2, -0.15) is 5.10 Å². The van der Waals surface area contributed by atoms with Gasteiger partial charge in [-0.05, 0) is 41.5 Å². The molecule has 0 aliphatic rings. The highest BCUT2D eigenvalue weighted by Gasteiger charge is 2.09. The molecule has 0 aliphatic carbocycles. The standard InChI is InChI=1S/C22H18N4O2/c27-18-8-4-7-16(11-18)14-23-26-22(28)17-9-10-19-20(13-17)25-21(24-19)12-15-5-2-1-3-6-15/h1-11,13-14,27H,12H2,(H,24,25)(H,26,28)/b23-14-. The summed E-state index contributed by atoms with van der Waals surface area (Å²) in [6, 6.07) is 22.0. The Hall–Kier alpha value is -3.93. The molecule has 0 fully saturated rings. The van der Waals surface area contributed by atoms with E-state index in [1.165, 1.54) is 11.8 Å².